The molecule has 0 radical (unpaired) electrons. The van der Waals surface area contributed by atoms with Crippen LogP contribution in [0.15, 0.2) is 70.6 Å². The Hall–Kier alpha value is -3.51. The number of likely N-dealkylation sites (N-methyl/N-ethyl adjacent to an activating group) is 1. The number of ether oxygens (including phenoxy) is 3. The zero-order valence-electron chi connectivity index (χ0n) is 20.9. The monoisotopic (exact) mass is 644 g/mol. The molecule has 1 aliphatic heterocycles. The van der Waals surface area contributed by atoms with E-state index < -0.39 is 5.97 Å². The molecule has 38 heavy (non-hydrogen) atoms. The van der Waals surface area contributed by atoms with Gasteiger partial charge in [-0.1, -0.05) is 12.1 Å². The average molecular weight is 644 g/mol. The van der Waals surface area contributed by atoms with Crippen molar-refractivity contribution in [2.45, 2.75) is 13.5 Å². The van der Waals surface area contributed by atoms with Crippen molar-refractivity contribution in [3.63, 3.8) is 0 Å². The molecule has 3 aromatic carbocycles. The molecule has 0 aliphatic carbocycles. The van der Waals surface area contributed by atoms with Crippen LogP contribution in [0, 0.1) is 3.57 Å². The van der Waals surface area contributed by atoms with Gasteiger partial charge in [0, 0.05) is 6.54 Å². The van der Waals surface area contributed by atoms with E-state index in [2.05, 4.69) is 27.6 Å². The van der Waals surface area contributed by atoms with Gasteiger partial charge in [-0.3, -0.25) is 9.69 Å². The van der Waals surface area contributed by atoms with Gasteiger partial charge >= 0.3 is 5.97 Å². The number of hydrogen-bond acceptors (Lipinski definition) is 7. The van der Waals surface area contributed by atoms with Crippen molar-refractivity contribution in [3.8, 4) is 17.2 Å². The Kier molecular flexibility index (Phi) is 8.95. The van der Waals surface area contributed by atoms with Crippen LogP contribution in [0.3, 0.4) is 0 Å². The van der Waals surface area contributed by atoms with E-state index >= 15 is 0 Å². The van der Waals surface area contributed by atoms with Gasteiger partial charge < -0.3 is 19.3 Å². The van der Waals surface area contributed by atoms with Gasteiger partial charge in [0.25, 0.3) is 5.91 Å². The summed E-state index contributed by atoms with van der Waals surface area (Å²) in [5, 5.41) is 9.83. The van der Waals surface area contributed by atoms with Gasteiger partial charge in [-0.15, -0.1) is 0 Å². The molecule has 196 valence electrons. The molecule has 0 saturated carbocycles. The Balaban J connectivity index is 1.57. The summed E-state index contributed by atoms with van der Waals surface area (Å²) in [6, 6.07) is 17.7. The van der Waals surface area contributed by atoms with Crippen LogP contribution in [-0.4, -0.2) is 47.8 Å². The van der Waals surface area contributed by atoms with Crippen LogP contribution in [-0.2, 0) is 11.4 Å². The van der Waals surface area contributed by atoms with E-state index in [-0.39, 0.29) is 18.1 Å². The van der Waals surface area contributed by atoms with Crippen molar-refractivity contribution >= 4 is 63.2 Å². The predicted octanol–water partition coefficient (Wildman–Crippen LogP) is 6.21. The molecule has 1 fully saturated rings. The number of aromatic carboxylic acids is 1. The number of thioether (sulfide) groups is 1. The number of hydrogen-bond donors (Lipinski definition) is 1. The summed E-state index contributed by atoms with van der Waals surface area (Å²) in [4.78, 5) is 31.2. The highest BCUT2D eigenvalue weighted by Crippen LogP contribution is 2.38. The van der Waals surface area contributed by atoms with Crippen LogP contribution < -0.4 is 14.2 Å². The number of rotatable bonds is 9. The third-order valence-corrected chi connectivity index (χ3v) is 7.42. The molecule has 4 rings (SSSR count). The summed E-state index contributed by atoms with van der Waals surface area (Å²) in [6.07, 6.45) is 1.82. The zero-order chi connectivity index (χ0) is 27.2. The maximum absolute atomic E-state index is 13.1. The van der Waals surface area contributed by atoms with Crippen molar-refractivity contribution in [3.05, 3.63) is 85.8 Å². The number of methoxy groups -OCH3 is 2. The van der Waals surface area contributed by atoms with Gasteiger partial charge in [0.2, 0.25) is 0 Å². The van der Waals surface area contributed by atoms with Crippen LogP contribution in [0.2, 0.25) is 0 Å². The summed E-state index contributed by atoms with van der Waals surface area (Å²) in [6.45, 7) is 2.59. The zero-order valence-corrected chi connectivity index (χ0v) is 23.9. The Labute approximate surface area is 238 Å². The lowest BCUT2D eigenvalue weighted by Crippen LogP contribution is -2.28. The number of carbonyl (C=O) groups excluding carboxylic acids is 1. The second-order valence-corrected chi connectivity index (χ2v) is 10.3. The molecule has 1 saturated heterocycles. The highest BCUT2D eigenvalue weighted by molar-refractivity contribution is 14.1. The molecule has 0 spiro atoms. The van der Waals surface area contributed by atoms with Gasteiger partial charge in [-0.25, -0.2) is 9.79 Å². The fraction of sp³-hybridized carbons (Fsp3) is 0.179. The molecule has 1 N–H and O–H groups in total. The third kappa shape index (κ3) is 6.30. The lowest BCUT2D eigenvalue weighted by atomic mass is 10.1. The molecule has 1 aliphatic rings. The lowest BCUT2D eigenvalue weighted by molar-refractivity contribution is -0.122. The van der Waals surface area contributed by atoms with Crippen LogP contribution in [0.1, 0.15) is 28.4 Å². The van der Waals surface area contributed by atoms with E-state index in [9.17, 15) is 14.7 Å². The molecular weight excluding hydrogens is 619 g/mol. The van der Waals surface area contributed by atoms with Gasteiger partial charge in [-0.2, -0.15) is 0 Å². The first-order chi connectivity index (χ1) is 18.3. The number of benzene rings is 3. The third-order valence-electron chi connectivity index (χ3n) is 5.61. The van der Waals surface area contributed by atoms with Crippen molar-refractivity contribution in [1.29, 1.82) is 0 Å². The normalized spacial score (nSPS) is 15.3. The Morgan fingerprint density at radius 1 is 1.11 bits per heavy atom. The van der Waals surface area contributed by atoms with Crippen molar-refractivity contribution in [2.75, 3.05) is 20.8 Å². The Morgan fingerprint density at radius 2 is 1.87 bits per heavy atom. The number of halogens is 1. The SMILES string of the molecule is CCN1C(=O)/C(=C\c2cc(I)c(OCc3cccc(C(=O)O)c3)c(OC)c2)SC1=Nc1ccc(OC)cc1. The van der Waals surface area contributed by atoms with Crippen LogP contribution in [0.25, 0.3) is 6.08 Å². The van der Waals surface area contributed by atoms with Crippen LogP contribution in [0.4, 0.5) is 5.69 Å². The molecule has 0 unspecified atom stereocenters. The average Bonchev–Trinajstić information content (AvgIpc) is 3.21. The summed E-state index contributed by atoms with van der Waals surface area (Å²) in [7, 11) is 3.16. The summed E-state index contributed by atoms with van der Waals surface area (Å²) in [5.74, 6) is 0.681. The second-order valence-electron chi connectivity index (χ2n) is 8.08. The first-order valence-electron chi connectivity index (χ1n) is 11.6. The maximum Gasteiger partial charge on any atom is 0.335 e. The molecule has 1 heterocycles. The minimum absolute atomic E-state index is 0.114. The van der Waals surface area contributed by atoms with Crippen molar-refractivity contribution in [2.24, 2.45) is 4.99 Å². The molecule has 0 atom stereocenters. The van der Waals surface area contributed by atoms with Gasteiger partial charge in [0.1, 0.15) is 12.4 Å². The smallest absolute Gasteiger partial charge is 0.335 e. The fourth-order valence-corrected chi connectivity index (χ4v) is 5.55. The molecule has 0 aromatic heterocycles. The van der Waals surface area contributed by atoms with Crippen LogP contribution in [0.5, 0.6) is 17.2 Å². The van der Waals surface area contributed by atoms with E-state index in [4.69, 9.17) is 14.2 Å². The first kappa shape index (κ1) is 27.5. The van der Waals surface area contributed by atoms with E-state index in [1.54, 1.807) is 43.4 Å². The molecule has 8 nitrogen and oxygen atoms in total. The number of amidine groups is 1. The van der Waals surface area contributed by atoms with E-state index in [1.807, 2.05) is 43.3 Å². The number of aliphatic imine (C=N–C) groups is 1. The quantitative estimate of drug-likeness (QED) is 0.219. The largest absolute Gasteiger partial charge is 0.497 e. The van der Waals surface area contributed by atoms with Crippen LogP contribution >= 0.6 is 34.4 Å². The molecular formula is C28H25IN2O6S. The van der Waals surface area contributed by atoms with Crippen molar-refractivity contribution in [1.82, 2.24) is 4.90 Å². The Bertz CT molecular complexity index is 1420. The molecule has 0 bridgehead atoms. The summed E-state index contributed by atoms with van der Waals surface area (Å²) >= 11 is 3.48. The summed E-state index contributed by atoms with van der Waals surface area (Å²) in [5.41, 5.74) is 2.44. The number of amides is 1. The highest BCUT2D eigenvalue weighted by Gasteiger charge is 2.32. The number of nitrogens with zero attached hydrogens (tertiary/aromatic N) is 2. The fourth-order valence-electron chi connectivity index (χ4n) is 3.70. The predicted molar refractivity (Wildman–Crippen MR) is 156 cm³/mol. The van der Waals surface area contributed by atoms with E-state index in [0.29, 0.717) is 28.1 Å². The number of carbonyl (C=O) groups is 2. The molecule has 10 heteroatoms. The maximum atomic E-state index is 13.1. The van der Waals surface area contributed by atoms with E-state index in [1.165, 1.54) is 17.8 Å². The van der Waals surface area contributed by atoms with E-state index in [0.717, 1.165) is 26.1 Å². The van der Waals surface area contributed by atoms with Gasteiger partial charge in [-0.05, 0) is 107 Å². The van der Waals surface area contributed by atoms with Crippen molar-refractivity contribution < 1.29 is 28.9 Å². The standard InChI is InChI=1S/C28H25IN2O6S/c1-4-31-26(32)24(38-28(31)30-20-8-10-21(35-2)11-9-20)15-18-13-22(29)25(23(14-18)36-3)37-16-17-6-5-7-19(12-17)27(33)34/h5-15H,4,16H2,1-3H3,(H,33,34)/b24-15+,30-28?. The number of carboxylic acids is 1. The van der Waals surface area contributed by atoms with Gasteiger partial charge in [0.15, 0.2) is 16.7 Å². The highest BCUT2D eigenvalue weighted by atomic mass is 127. The molecule has 3 aromatic rings. The van der Waals surface area contributed by atoms with Gasteiger partial charge in [0.05, 0.1) is 33.9 Å². The topological polar surface area (TPSA) is 97.7 Å². The minimum atomic E-state index is -0.991. The second kappa shape index (κ2) is 12.4. The molecule has 1 amide bonds. The minimum Gasteiger partial charge on any atom is -0.497 e. The Morgan fingerprint density at radius 3 is 2.53 bits per heavy atom. The number of carboxylic acid groups (broad SMARTS) is 1. The first-order valence-corrected chi connectivity index (χ1v) is 13.5. The lowest BCUT2D eigenvalue weighted by Gasteiger charge is -2.14. The summed E-state index contributed by atoms with van der Waals surface area (Å²) < 4.78 is 17.6.